The van der Waals surface area contributed by atoms with Crippen LogP contribution in [0, 0.1) is 6.92 Å². The maximum absolute atomic E-state index is 5.38. The van der Waals surface area contributed by atoms with Gasteiger partial charge in [0, 0.05) is 5.39 Å². The van der Waals surface area contributed by atoms with Crippen LogP contribution in [0.4, 0.5) is 0 Å². The van der Waals surface area contributed by atoms with E-state index in [1.807, 2.05) is 0 Å². The molecular weight excluding hydrogens is 184 g/mol. The Bertz CT molecular complexity index is 486. The fourth-order valence-corrected chi connectivity index (χ4v) is 1.98. The first-order chi connectivity index (χ1) is 7.26. The van der Waals surface area contributed by atoms with E-state index >= 15 is 0 Å². The minimum absolute atomic E-state index is 0.964. The summed E-state index contributed by atoms with van der Waals surface area (Å²) in [6, 6.07) is 10.7. The number of fused-ring (bicyclic) bond motifs is 1. The number of rotatable bonds is 2. The molecule has 0 unspecified atom stereocenters. The summed E-state index contributed by atoms with van der Waals surface area (Å²) in [7, 11) is 1.72. The molecule has 0 aromatic heterocycles. The summed E-state index contributed by atoms with van der Waals surface area (Å²) in [6.07, 6.45) is 1.06. The molecule has 1 nitrogen and oxygen atoms in total. The Kier molecular flexibility index (Phi) is 2.63. The molecule has 2 aromatic carbocycles. The standard InChI is InChI=1S/C14H16O/c1-4-11-6-8-14(15-3)13-9-10(2)5-7-12(11)13/h5-9H,4H2,1-3H3. The van der Waals surface area contributed by atoms with Gasteiger partial charge in [-0.25, -0.2) is 0 Å². The van der Waals surface area contributed by atoms with Crippen LogP contribution >= 0.6 is 0 Å². The third-order valence-electron chi connectivity index (χ3n) is 2.82. The van der Waals surface area contributed by atoms with E-state index in [4.69, 9.17) is 4.74 Å². The Morgan fingerprint density at radius 1 is 1.07 bits per heavy atom. The van der Waals surface area contributed by atoms with E-state index in [9.17, 15) is 0 Å². The number of methoxy groups -OCH3 is 1. The summed E-state index contributed by atoms with van der Waals surface area (Å²) in [5, 5.41) is 2.53. The highest BCUT2D eigenvalue weighted by Gasteiger charge is 2.04. The smallest absolute Gasteiger partial charge is 0.126 e. The summed E-state index contributed by atoms with van der Waals surface area (Å²) >= 11 is 0. The van der Waals surface area contributed by atoms with Gasteiger partial charge in [-0.1, -0.05) is 30.7 Å². The van der Waals surface area contributed by atoms with Crippen molar-refractivity contribution in [3.63, 3.8) is 0 Å². The quantitative estimate of drug-likeness (QED) is 0.718. The Morgan fingerprint density at radius 3 is 2.53 bits per heavy atom. The zero-order valence-electron chi connectivity index (χ0n) is 9.50. The topological polar surface area (TPSA) is 9.23 Å². The van der Waals surface area contributed by atoms with Gasteiger partial charge in [-0.3, -0.25) is 0 Å². The molecule has 0 fully saturated rings. The highest BCUT2D eigenvalue weighted by molar-refractivity contribution is 5.91. The van der Waals surface area contributed by atoms with Crippen LogP contribution in [0.1, 0.15) is 18.1 Å². The first-order valence-electron chi connectivity index (χ1n) is 5.32. The largest absolute Gasteiger partial charge is 0.496 e. The van der Waals surface area contributed by atoms with Crippen LogP contribution in [0.25, 0.3) is 10.8 Å². The molecule has 15 heavy (non-hydrogen) atoms. The first kappa shape index (κ1) is 10.0. The average Bonchev–Trinajstić information content (AvgIpc) is 2.27. The predicted octanol–water partition coefficient (Wildman–Crippen LogP) is 3.72. The van der Waals surface area contributed by atoms with Crippen LogP contribution in [0.15, 0.2) is 30.3 Å². The average molecular weight is 200 g/mol. The molecular formula is C14H16O. The van der Waals surface area contributed by atoms with Gasteiger partial charge in [0.25, 0.3) is 0 Å². The van der Waals surface area contributed by atoms with Crippen molar-refractivity contribution in [2.24, 2.45) is 0 Å². The van der Waals surface area contributed by atoms with E-state index in [0.29, 0.717) is 0 Å². The second kappa shape index (κ2) is 3.93. The lowest BCUT2D eigenvalue weighted by Crippen LogP contribution is -1.89. The summed E-state index contributed by atoms with van der Waals surface area (Å²) in [5.74, 6) is 0.964. The minimum atomic E-state index is 0.964. The second-order valence-corrected chi connectivity index (χ2v) is 3.83. The summed E-state index contributed by atoms with van der Waals surface area (Å²) in [5.41, 5.74) is 2.65. The minimum Gasteiger partial charge on any atom is -0.496 e. The van der Waals surface area contributed by atoms with E-state index in [0.717, 1.165) is 12.2 Å². The SMILES string of the molecule is CCc1ccc(OC)c2cc(C)ccc12. The van der Waals surface area contributed by atoms with Crippen molar-refractivity contribution >= 4 is 10.8 Å². The summed E-state index contributed by atoms with van der Waals surface area (Å²) in [6.45, 7) is 4.29. The zero-order chi connectivity index (χ0) is 10.8. The fourth-order valence-electron chi connectivity index (χ4n) is 1.98. The Hall–Kier alpha value is -1.50. The van der Waals surface area contributed by atoms with Crippen LogP contribution in [-0.4, -0.2) is 7.11 Å². The molecule has 0 radical (unpaired) electrons. The van der Waals surface area contributed by atoms with Crippen LogP contribution in [-0.2, 0) is 6.42 Å². The van der Waals surface area contributed by atoms with E-state index in [1.165, 1.54) is 21.9 Å². The lowest BCUT2D eigenvalue weighted by Gasteiger charge is -2.09. The van der Waals surface area contributed by atoms with Gasteiger partial charge in [0.2, 0.25) is 0 Å². The molecule has 2 aromatic rings. The molecule has 0 saturated heterocycles. The third-order valence-corrected chi connectivity index (χ3v) is 2.82. The second-order valence-electron chi connectivity index (χ2n) is 3.83. The molecule has 0 heterocycles. The van der Waals surface area contributed by atoms with Crippen LogP contribution in [0.5, 0.6) is 5.75 Å². The van der Waals surface area contributed by atoms with Crippen LogP contribution < -0.4 is 4.74 Å². The van der Waals surface area contributed by atoms with Crippen LogP contribution in [0.2, 0.25) is 0 Å². The highest BCUT2D eigenvalue weighted by atomic mass is 16.5. The fraction of sp³-hybridized carbons (Fsp3) is 0.286. The summed E-state index contributed by atoms with van der Waals surface area (Å²) in [4.78, 5) is 0. The lowest BCUT2D eigenvalue weighted by atomic mass is 10.0. The molecule has 0 aliphatic heterocycles. The number of hydrogen-bond donors (Lipinski definition) is 0. The molecule has 0 bridgehead atoms. The van der Waals surface area contributed by atoms with Gasteiger partial charge in [-0.05, 0) is 36.4 Å². The molecule has 2 rings (SSSR count). The van der Waals surface area contributed by atoms with Crippen molar-refractivity contribution in [3.8, 4) is 5.75 Å². The van der Waals surface area contributed by atoms with Crippen molar-refractivity contribution < 1.29 is 4.74 Å². The molecule has 0 aliphatic carbocycles. The normalized spacial score (nSPS) is 10.6. The van der Waals surface area contributed by atoms with Crippen molar-refractivity contribution in [2.45, 2.75) is 20.3 Å². The van der Waals surface area contributed by atoms with E-state index in [2.05, 4.69) is 44.2 Å². The van der Waals surface area contributed by atoms with Gasteiger partial charge in [0.1, 0.15) is 5.75 Å². The molecule has 0 atom stereocenters. The molecule has 0 saturated carbocycles. The van der Waals surface area contributed by atoms with Crippen molar-refractivity contribution in [1.29, 1.82) is 0 Å². The first-order valence-corrected chi connectivity index (χ1v) is 5.32. The predicted molar refractivity (Wildman–Crippen MR) is 64.6 cm³/mol. The third kappa shape index (κ3) is 1.70. The van der Waals surface area contributed by atoms with Crippen molar-refractivity contribution in [2.75, 3.05) is 7.11 Å². The number of benzene rings is 2. The maximum atomic E-state index is 5.38. The van der Waals surface area contributed by atoms with Gasteiger partial charge in [0.15, 0.2) is 0 Å². The number of hydrogen-bond acceptors (Lipinski definition) is 1. The van der Waals surface area contributed by atoms with Crippen LogP contribution in [0.3, 0.4) is 0 Å². The molecule has 0 amide bonds. The van der Waals surface area contributed by atoms with Gasteiger partial charge in [0.05, 0.1) is 7.11 Å². The number of ether oxygens (including phenoxy) is 1. The van der Waals surface area contributed by atoms with E-state index < -0.39 is 0 Å². The zero-order valence-corrected chi connectivity index (χ0v) is 9.50. The monoisotopic (exact) mass is 200 g/mol. The number of aryl methyl sites for hydroxylation is 2. The van der Waals surface area contributed by atoms with Crippen molar-refractivity contribution in [3.05, 3.63) is 41.5 Å². The van der Waals surface area contributed by atoms with Gasteiger partial charge in [-0.15, -0.1) is 0 Å². The van der Waals surface area contributed by atoms with Gasteiger partial charge in [-0.2, -0.15) is 0 Å². The Balaban J connectivity index is 2.80. The maximum Gasteiger partial charge on any atom is 0.126 e. The highest BCUT2D eigenvalue weighted by Crippen LogP contribution is 2.29. The molecule has 78 valence electrons. The van der Waals surface area contributed by atoms with E-state index in [1.54, 1.807) is 7.11 Å². The molecule has 0 spiro atoms. The van der Waals surface area contributed by atoms with Crippen molar-refractivity contribution in [1.82, 2.24) is 0 Å². The molecule has 0 aliphatic rings. The van der Waals surface area contributed by atoms with Gasteiger partial charge < -0.3 is 4.74 Å². The molecule has 1 heteroatoms. The summed E-state index contributed by atoms with van der Waals surface area (Å²) < 4.78 is 5.38. The Morgan fingerprint density at radius 2 is 1.87 bits per heavy atom. The molecule has 0 N–H and O–H groups in total. The van der Waals surface area contributed by atoms with E-state index in [-0.39, 0.29) is 0 Å². The Labute approximate surface area is 90.7 Å². The van der Waals surface area contributed by atoms with Gasteiger partial charge >= 0.3 is 0 Å². The lowest BCUT2D eigenvalue weighted by molar-refractivity contribution is 0.419.